The van der Waals surface area contributed by atoms with E-state index in [1.165, 1.54) is 0 Å². The van der Waals surface area contributed by atoms with Crippen LogP contribution in [0.3, 0.4) is 0 Å². The van der Waals surface area contributed by atoms with Gasteiger partial charge in [-0.2, -0.15) is 0 Å². The monoisotopic (exact) mass is 244 g/mol. The Labute approximate surface area is 99.8 Å². The molecule has 1 aliphatic carbocycles. The van der Waals surface area contributed by atoms with E-state index in [1.807, 2.05) is 0 Å². The van der Waals surface area contributed by atoms with Crippen LogP contribution in [0.4, 0.5) is 0 Å². The van der Waals surface area contributed by atoms with Gasteiger partial charge in [-0.1, -0.05) is 37.0 Å². The highest BCUT2D eigenvalue weighted by Crippen LogP contribution is 2.64. The van der Waals surface area contributed by atoms with Crippen molar-refractivity contribution in [3.05, 3.63) is 28.0 Å². The maximum Gasteiger partial charge on any atom is 0.130 e. The molecule has 1 aromatic rings. The van der Waals surface area contributed by atoms with Crippen molar-refractivity contribution in [3.63, 3.8) is 0 Å². The quantitative estimate of drug-likeness (QED) is 0.813. The Bertz CT molecular complexity index is 390. The van der Waals surface area contributed by atoms with E-state index in [-0.39, 0.29) is 5.41 Å². The van der Waals surface area contributed by atoms with E-state index in [9.17, 15) is 0 Å². The Hall–Kier alpha value is -0.310. The SMILES string of the molecule is CC1(C)[C@@H](CN)[C@@H]1c1cnc(Cl)cc1Cl. The minimum Gasteiger partial charge on any atom is -0.330 e. The first-order valence-corrected chi connectivity index (χ1v) is 5.75. The van der Waals surface area contributed by atoms with Crippen molar-refractivity contribution < 1.29 is 0 Å². The van der Waals surface area contributed by atoms with Crippen molar-refractivity contribution in [2.75, 3.05) is 6.54 Å². The summed E-state index contributed by atoms with van der Waals surface area (Å²) in [7, 11) is 0. The lowest BCUT2D eigenvalue weighted by Gasteiger charge is -2.05. The molecule has 0 aromatic carbocycles. The van der Waals surface area contributed by atoms with E-state index in [2.05, 4.69) is 18.8 Å². The van der Waals surface area contributed by atoms with Crippen molar-refractivity contribution in [2.45, 2.75) is 19.8 Å². The van der Waals surface area contributed by atoms with Crippen molar-refractivity contribution >= 4 is 23.2 Å². The van der Waals surface area contributed by atoms with Crippen LogP contribution in [0.25, 0.3) is 0 Å². The summed E-state index contributed by atoms with van der Waals surface area (Å²) in [5.41, 5.74) is 7.03. The first-order chi connectivity index (χ1) is 6.98. The average molecular weight is 245 g/mol. The number of halogens is 2. The van der Waals surface area contributed by atoms with Crippen molar-refractivity contribution in [1.29, 1.82) is 0 Å². The Morgan fingerprint density at radius 3 is 2.60 bits per heavy atom. The zero-order valence-corrected chi connectivity index (χ0v) is 10.3. The fourth-order valence-electron chi connectivity index (χ4n) is 2.45. The van der Waals surface area contributed by atoms with Gasteiger partial charge in [0.05, 0.1) is 0 Å². The normalized spacial score (nSPS) is 27.8. The van der Waals surface area contributed by atoms with Gasteiger partial charge in [-0.25, -0.2) is 4.98 Å². The molecule has 1 aromatic heterocycles. The predicted octanol–water partition coefficient (Wildman–Crippen LogP) is 3.09. The number of hydrogen-bond acceptors (Lipinski definition) is 2. The van der Waals surface area contributed by atoms with Crippen LogP contribution >= 0.6 is 23.2 Å². The van der Waals surface area contributed by atoms with Crippen molar-refractivity contribution in [2.24, 2.45) is 17.1 Å². The summed E-state index contributed by atoms with van der Waals surface area (Å²) in [4.78, 5) is 4.08. The van der Waals surface area contributed by atoms with E-state index in [0.29, 0.717) is 28.6 Å². The molecule has 82 valence electrons. The highest BCUT2D eigenvalue weighted by molar-refractivity contribution is 6.34. The summed E-state index contributed by atoms with van der Waals surface area (Å²) in [5.74, 6) is 0.915. The molecule has 0 radical (unpaired) electrons. The topological polar surface area (TPSA) is 38.9 Å². The largest absolute Gasteiger partial charge is 0.330 e. The van der Waals surface area contributed by atoms with Gasteiger partial charge in [-0.15, -0.1) is 0 Å². The molecule has 2 atom stereocenters. The molecule has 1 heterocycles. The van der Waals surface area contributed by atoms with Crippen LogP contribution in [0.1, 0.15) is 25.3 Å². The molecule has 1 aliphatic rings. The highest BCUT2D eigenvalue weighted by atomic mass is 35.5. The van der Waals surface area contributed by atoms with Gasteiger partial charge < -0.3 is 5.73 Å². The lowest BCUT2D eigenvalue weighted by atomic mass is 10.0. The summed E-state index contributed by atoms with van der Waals surface area (Å²) in [5, 5.41) is 1.13. The van der Waals surface area contributed by atoms with Crippen LogP contribution in [-0.2, 0) is 0 Å². The molecule has 1 saturated carbocycles. The molecule has 15 heavy (non-hydrogen) atoms. The van der Waals surface area contributed by atoms with E-state index in [1.54, 1.807) is 12.3 Å². The lowest BCUT2D eigenvalue weighted by molar-refractivity contribution is 0.558. The number of aromatic nitrogens is 1. The fourth-order valence-corrected chi connectivity index (χ4v) is 2.93. The molecule has 0 spiro atoms. The van der Waals surface area contributed by atoms with Crippen LogP contribution in [0, 0.1) is 11.3 Å². The summed E-state index contributed by atoms with van der Waals surface area (Å²) in [6.45, 7) is 5.11. The first-order valence-electron chi connectivity index (χ1n) is 4.99. The average Bonchev–Trinajstić information content (AvgIpc) is 2.68. The van der Waals surface area contributed by atoms with Gasteiger partial charge in [0, 0.05) is 11.2 Å². The number of rotatable bonds is 2. The van der Waals surface area contributed by atoms with Crippen LogP contribution < -0.4 is 5.73 Å². The van der Waals surface area contributed by atoms with Crippen LogP contribution in [0.5, 0.6) is 0 Å². The van der Waals surface area contributed by atoms with Crippen molar-refractivity contribution in [1.82, 2.24) is 4.98 Å². The number of hydrogen-bond donors (Lipinski definition) is 1. The zero-order chi connectivity index (χ0) is 11.2. The second kappa shape index (κ2) is 3.62. The van der Waals surface area contributed by atoms with Gasteiger partial charge in [0.15, 0.2) is 0 Å². The molecule has 0 bridgehead atoms. The first kappa shape index (κ1) is 11.2. The minimum atomic E-state index is 0.230. The third kappa shape index (κ3) is 1.75. The van der Waals surface area contributed by atoms with E-state index in [4.69, 9.17) is 28.9 Å². The Kier molecular flexibility index (Phi) is 2.70. The molecule has 2 N–H and O–H groups in total. The van der Waals surface area contributed by atoms with Crippen LogP contribution in [-0.4, -0.2) is 11.5 Å². The molecule has 0 amide bonds. The van der Waals surface area contributed by atoms with Gasteiger partial charge in [0.25, 0.3) is 0 Å². The third-order valence-corrected chi connectivity index (χ3v) is 4.02. The molecule has 0 saturated heterocycles. The number of nitrogens with two attached hydrogens (primary N) is 1. The van der Waals surface area contributed by atoms with E-state index < -0.39 is 0 Å². The Morgan fingerprint density at radius 2 is 2.13 bits per heavy atom. The van der Waals surface area contributed by atoms with Crippen molar-refractivity contribution in [3.8, 4) is 0 Å². The predicted molar refractivity (Wildman–Crippen MR) is 63.3 cm³/mol. The van der Waals surface area contributed by atoms with Gasteiger partial charge >= 0.3 is 0 Å². The molecular weight excluding hydrogens is 231 g/mol. The molecule has 0 aliphatic heterocycles. The molecule has 2 rings (SSSR count). The molecular formula is C11H14Cl2N2. The molecule has 4 heteroatoms. The van der Waals surface area contributed by atoms with Crippen LogP contribution in [0.15, 0.2) is 12.3 Å². The second-order valence-corrected chi connectivity index (χ2v) is 5.46. The summed E-state index contributed by atoms with van der Waals surface area (Å²) < 4.78 is 0. The molecule has 1 fully saturated rings. The van der Waals surface area contributed by atoms with Gasteiger partial charge in [0.2, 0.25) is 0 Å². The maximum atomic E-state index is 6.15. The van der Waals surface area contributed by atoms with E-state index in [0.717, 1.165) is 5.56 Å². The summed E-state index contributed by atoms with van der Waals surface area (Å²) in [6, 6.07) is 1.69. The zero-order valence-electron chi connectivity index (χ0n) is 8.80. The van der Waals surface area contributed by atoms with Gasteiger partial charge in [-0.3, -0.25) is 0 Å². The summed E-state index contributed by atoms with van der Waals surface area (Å²) >= 11 is 11.9. The highest BCUT2D eigenvalue weighted by Gasteiger charge is 2.57. The lowest BCUT2D eigenvalue weighted by Crippen LogP contribution is -2.05. The third-order valence-electron chi connectivity index (χ3n) is 3.49. The van der Waals surface area contributed by atoms with E-state index >= 15 is 0 Å². The van der Waals surface area contributed by atoms with Gasteiger partial charge in [-0.05, 0) is 35.4 Å². The Balaban J connectivity index is 2.33. The van der Waals surface area contributed by atoms with Crippen LogP contribution in [0.2, 0.25) is 10.2 Å². The molecule has 2 nitrogen and oxygen atoms in total. The van der Waals surface area contributed by atoms with Gasteiger partial charge in [0.1, 0.15) is 5.15 Å². The standard InChI is InChI=1S/C11H14Cl2N2/c1-11(2)7(4-14)10(11)6-5-15-9(13)3-8(6)12/h3,5,7,10H,4,14H2,1-2H3/t7-,10-/m0/s1. The molecule has 0 unspecified atom stereocenters. The minimum absolute atomic E-state index is 0.230. The maximum absolute atomic E-state index is 6.15. The summed E-state index contributed by atoms with van der Waals surface area (Å²) in [6.07, 6.45) is 1.77. The second-order valence-electron chi connectivity index (χ2n) is 4.67. The smallest absolute Gasteiger partial charge is 0.130 e. The number of pyridine rings is 1. The Morgan fingerprint density at radius 1 is 1.47 bits per heavy atom. The number of nitrogens with zero attached hydrogens (tertiary/aromatic N) is 1. The fraction of sp³-hybridized carbons (Fsp3) is 0.545.